The number of amides is 1. The van der Waals surface area contributed by atoms with Gasteiger partial charge in [0, 0.05) is 26.1 Å². The third-order valence-electron chi connectivity index (χ3n) is 1.81. The molecule has 0 unspecified atom stereocenters. The van der Waals surface area contributed by atoms with Crippen LogP contribution in [0.25, 0.3) is 0 Å². The van der Waals surface area contributed by atoms with Crippen molar-refractivity contribution in [2.45, 2.75) is 12.8 Å². The molecule has 0 atom stereocenters. The van der Waals surface area contributed by atoms with E-state index in [2.05, 4.69) is 5.32 Å². The van der Waals surface area contributed by atoms with Crippen LogP contribution in [-0.4, -0.2) is 62.9 Å². The van der Waals surface area contributed by atoms with E-state index in [1.165, 1.54) is 0 Å². The lowest BCUT2D eigenvalue weighted by molar-refractivity contribution is -0.121. The Kier molecular flexibility index (Phi) is 9.46. The first kappa shape index (κ1) is 14.3. The van der Waals surface area contributed by atoms with Crippen molar-refractivity contribution in [3.63, 3.8) is 0 Å². The summed E-state index contributed by atoms with van der Waals surface area (Å²) in [5.41, 5.74) is 0. The highest BCUT2D eigenvalue weighted by atomic mass is 16.5. The summed E-state index contributed by atoms with van der Waals surface area (Å²) in [6, 6.07) is 0. The Labute approximate surface area is 91.4 Å². The molecule has 0 aliphatic rings. The molecule has 0 aromatic carbocycles. The summed E-state index contributed by atoms with van der Waals surface area (Å²) in [5.74, 6) is 0.0749. The molecule has 0 bridgehead atoms. The quantitative estimate of drug-likeness (QED) is 0.510. The number of carbonyl (C=O) groups is 1. The topological polar surface area (TPSA) is 61.8 Å². The molecule has 0 radical (unpaired) electrons. The number of ether oxygens (including phenoxy) is 1. The molecule has 1 amide bonds. The summed E-state index contributed by atoms with van der Waals surface area (Å²) >= 11 is 0. The molecule has 0 saturated carbocycles. The van der Waals surface area contributed by atoms with Crippen LogP contribution in [0.4, 0.5) is 0 Å². The molecule has 0 heterocycles. The Morgan fingerprint density at radius 2 is 2.13 bits per heavy atom. The number of rotatable bonds is 9. The summed E-state index contributed by atoms with van der Waals surface area (Å²) in [5, 5.41) is 11.2. The molecule has 15 heavy (non-hydrogen) atoms. The largest absolute Gasteiger partial charge is 0.394 e. The molecule has 0 fully saturated rings. The van der Waals surface area contributed by atoms with Crippen LogP contribution < -0.4 is 5.32 Å². The molecule has 90 valence electrons. The molecule has 2 N–H and O–H groups in total. The van der Waals surface area contributed by atoms with Gasteiger partial charge in [0.2, 0.25) is 5.91 Å². The van der Waals surface area contributed by atoms with Crippen molar-refractivity contribution in [1.82, 2.24) is 10.2 Å². The Morgan fingerprint density at radius 1 is 1.40 bits per heavy atom. The normalized spacial score (nSPS) is 10.7. The molecule has 0 aromatic rings. The minimum atomic E-state index is 0.0508. The summed E-state index contributed by atoms with van der Waals surface area (Å²) in [4.78, 5) is 13.2. The molecule has 5 heteroatoms. The van der Waals surface area contributed by atoms with Gasteiger partial charge in [-0.25, -0.2) is 0 Å². The Bertz CT molecular complexity index is 163. The molecular formula is C10H22N2O3. The third kappa shape index (κ3) is 11.3. The molecular weight excluding hydrogens is 196 g/mol. The van der Waals surface area contributed by atoms with Gasteiger partial charge in [0.1, 0.15) is 0 Å². The molecule has 5 nitrogen and oxygen atoms in total. The monoisotopic (exact) mass is 218 g/mol. The van der Waals surface area contributed by atoms with Gasteiger partial charge in [0.05, 0.1) is 13.2 Å². The fraction of sp³-hybridized carbons (Fsp3) is 0.900. The van der Waals surface area contributed by atoms with Gasteiger partial charge in [-0.15, -0.1) is 0 Å². The minimum absolute atomic E-state index is 0.0508. The number of aliphatic hydroxyl groups is 1. The van der Waals surface area contributed by atoms with Crippen molar-refractivity contribution in [1.29, 1.82) is 0 Å². The second-order valence-corrected chi connectivity index (χ2v) is 3.59. The first-order valence-corrected chi connectivity index (χ1v) is 5.27. The molecule has 0 aliphatic heterocycles. The number of aliphatic hydroxyl groups excluding tert-OH is 1. The molecule has 0 aromatic heterocycles. The lowest BCUT2D eigenvalue weighted by Crippen LogP contribution is -2.28. The van der Waals surface area contributed by atoms with Crippen LogP contribution in [0.3, 0.4) is 0 Å². The maximum Gasteiger partial charge on any atom is 0.221 e. The highest BCUT2D eigenvalue weighted by Crippen LogP contribution is 1.85. The lowest BCUT2D eigenvalue weighted by atomic mass is 10.3. The minimum Gasteiger partial charge on any atom is -0.394 e. The van der Waals surface area contributed by atoms with Gasteiger partial charge in [-0.2, -0.15) is 0 Å². The van der Waals surface area contributed by atoms with Crippen molar-refractivity contribution >= 4 is 5.91 Å². The van der Waals surface area contributed by atoms with Crippen LogP contribution in [0.15, 0.2) is 0 Å². The van der Waals surface area contributed by atoms with E-state index in [-0.39, 0.29) is 12.5 Å². The first-order chi connectivity index (χ1) is 7.16. The van der Waals surface area contributed by atoms with Crippen LogP contribution in [0.2, 0.25) is 0 Å². The van der Waals surface area contributed by atoms with Crippen molar-refractivity contribution in [3.05, 3.63) is 0 Å². The van der Waals surface area contributed by atoms with Gasteiger partial charge in [-0.1, -0.05) is 0 Å². The van der Waals surface area contributed by atoms with E-state index in [0.29, 0.717) is 26.2 Å². The SMILES string of the molecule is CN(C)CCC(=O)NCCCOCCO. The average molecular weight is 218 g/mol. The fourth-order valence-corrected chi connectivity index (χ4v) is 0.982. The van der Waals surface area contributed by atoms with Crippen LogP contribution in [0, 0.1) is 0 Å². The fourth-order valence-electron chi connectivity index (χ4n) is 0.982. The molecule has 0 rings (SSSR count). The van der Waals surface area contributed by atoms with E-state index in [9.17, 15) is 4.79 Å². The number of carbonyl (C=O) groups excluding carboxylic acids is 1. The van der Waals surface area contributed by atoms with E-state index in [0.717, 1.165) is 13.0 Å². The van der Waals surface area contributed by atoms with Crippen molar-refractivity contribution in [2.24, 2.45) is 0 Å². The van der Waals surface area contributed by atoms with Gasteiger partial charge in [-0.3, -0.25) is 4.79 Å². The average Bonchev–Trinajstić information content (AvgIpc) is 2.20. The van der Waals surface area contributed by atoms with E-state index in [1.54, 1.807) is 0 Å². The Morgan fingerprint density at radius 3 is 2.73 bits per heavy atom. The maximum absolute atomic E-state index is 11.2. The van der Waals surface area contributed by atoms with Crippen LogP contribution in [-0.2, 0) is 9.53 Å². The van der Waals surface area contributed by atoms with Crippen LogP contribution in [0.5, 0.6) is 0 Å². The highest BCUT2D eigenvalue weighted by Gasteiger charge is 2.00. The number of nitrogens with one attached hydrogen (secondary N) is 1. The van der Waals surface area contributed by atoms with Gasteiger partial charge in [0.15, 0.2) is 0 Å². The zero-order valence-corrected chi connectivity index (χ0v) is 9.66. The summed E-state index contributed by atoms with van der Waals surface area (Å²) in [7, 11) is 3.88. The van der Waals surface area contributed by atoms with Gasteiger partial charge in [0.25, 0.3) is 0 Å². The zero-order valence-electron chi connectivity index (χ0n) is 9.66. The van der Waals surface area contributed by atoms with E-state index >= 15 is 0 Å². The lowest BCUT2D eigenvalue weighted by Gasteiger charge is -2.09. The molecule has 0 aliphatic carbocycles. The zero-order chi connectivity index (χ0) is 11.5. The smallest absolute Gasteiger partial charge is 0.221 e. The number of hydrogen-bond acceptors (Lipinski definition) is 4. The summed E-state index contributed by atoms with van der Waals surface area (Å²) in [6.07, 6.45) is 1.32. The summed E-state index contributed by atoms with van der Waals surface area (Å²) in [6.45, 7) is 2.41. The Hall–Kier alpha value is -0.650. The van der Waals surface area contributed by atoms with E-state index in [1.807, 2.05) is 19.0 Å². The highest BCUT2D eigenvalue weighted by molar-refractivity contribution is 5.75. The van der Waals surface area contributed by atoms with Crippen molar-refractivity contribution in [3.8, 4) is 0 Å². The maximum atomic E-state index is 11.2. The summed E-state index contributed by atoms with van der Waals surface area (Å²) < 4.78 is 5.05. The molecule has 0 spiro atoms. The predicted octanol–water partition coefficient (Wildman–Crippen LogP) is -0.547. The van der Waals surface area contributed by atoms with Gasteiger partial charge in [-0.05, 0) is 20.5 Å². The first-order valence-electron chi connectivity index (χ1n) is 5.27. The number of nitrogens with zero attached hydrogens (tertiary/aromatic N) is 1. The van der Waals surface area contributed by atoms with Crippen LogP contribution in [0.1, 0.15) is 12.8 Å². The van der Waals surface area contributed by atoms with Crippen molar-refractivity contribution < 1.29 is 14.6 Å². The standard InChI is InChI=1S/C10H22N2O3/c1-12(2)6-4-10(14)11-5-3-8-15-9-7-13/h13H,3-9H2,1-2H3,(H,11,14). The third-order valence-corrected chi connectivity index (χ3v) is 1.81. The Balaban J connectivity index is 3.17. The van der Waals surface area contributed by atoms with Gasteiger partial charge >= 0.3 is 0 Å². The van der Waals surface area contributed by atoms with Crippen LogP contribution >= 0.6 is 0 Å². The number of hydrogen-bond donors (Lipinski definition) is 2. The van der Waals surface area contributed by atoms with E-state index in [4.69, 9.17) is 9.84 Å². The van der Waals surface area contributed by atoms with E-state index < -0.39 is 0 Å². The molecule has 0 saturated heterocycles. The second-order valence-electron chi connectivity index (χ2n) is 3.59. The second kappa shape index (κ2) is 9.89. The predicted molar refractivity (Wildman–Crippen MR) is 58.7 cm³/mol. The van der Waals surface area contributed by atoms with Crippen molar-refractivity contribution in [2.75, 3.05) is 47.0 Å². The van der Waals surface area contributed by atoms with Gasteiger partial charge < -0.3 is 20.1 Å².